The van der Waals surface area contributed by atoms with Crippen molar-refractivity contribution in [1.82, 2.24) is 15.2 Å². The first-order valence-electron chi connectivity index (χ1n) is 5.73. The van der Waals surface area contributed by atoms with Gasteiger partial charge in [0.15, 0.2) is 11.4 Å². The number of hydrogen-bond donors (Lipinski definition) is 1. The molecule has 0 atom stereocenters. The number of nitrogens with one attached hydrogen (secondary N) is 1. The molecule has 2 rings (SSSR count). The maximum Gasteiger partial charge on any atom is 0.174 e. The van der Waals surface area contributed by atoms with E-state index in [-0.39, 0.29) is 5.82 Å². The van der Waals surface area contributed by atoms with Gasteiger partial charge >= 0.3 is 0 Å². The summed E-state index contributed by atoms with van der Waals surface area (Å²) in [6, 6.07) is 4.80. The molecule has 1 heterocycles. The summed E-state index contributed by atoms with van der Waals surface area (Å²) in [6.45, 7) is 7.23. The molecule has 1 aromatic heterocycles. The zero-order valence-corrected chi connectivity index (χ0v) is 10.9. The Bertz CT molecular complexity index is 563. The molecule has 0 saturated heterocycles. The van der Waals surface area contributed by atoms with E-state index in [1.165, 1.54) is 6.07 Å². The smallest absolute Gasteiger partial charge is 0.174 e. The normalized spacial score (nSPS) is 11.6. The minimum atomic E-state index is -0.692. The van der Waals surface area contributed by atoms with E-state index in [9.17, 15) is 4.39 Å². The summed E-state index contributed by atoms with van der Waals surface area (Å²) in [7, 11) is 0. The van der Waals surface area contributed by atoms with E-state index >= 15 is 0 Å². The van der Waals surface area contributed by atoms with Gasteiger partial charge in [-0.2, -0.15) is 0 Å². The third-order valence-corrected chi connectivity index (χ3v) is 2.69. The molecule has 0 radical (unpaired) electrons. The monoisotopic (exact) mass is 249 g/mol. The lowest BCUT2D eigenvalue weighted by Gasteiger charge is -2.23. The Morgan fingerprint density at radius 2 is 1.94 bits per heavy atom. The highest BCUT2D eigenvalue weighted by Crippen LogP contribution is 2.26. The summed E-state index contributed by atoms with van der Waals surface area (Å²) < 4.78 is 19.2. The van der Waals surface area contributed by atoms with Crippen LogP contribution in [0.3, 0.4) is 0 Å². The fraction of sp³-hybridized carbons (Fsp3) is 0.385. The number of aromatic amines is 1. The molecule has 5 heteroatoms. The summed E-state index contributed by atoms with van der Waals surface area (Å²) in [4.78, 5) is 3.02. The third kappa shape index (κ3) is 2.50. The van der Waals surface area contributed by atoms with E-state index in [0.717, 1.165) is 5.82 Å². The van der Waals surface area contributed by atoms with Crippen molar-refractivity contribution in [3.05, 3.63) is 41.2 Å². The summed E-state index contributed by atoms with van der Waals surface area (Å²) in [5.74, 6) is 1.52. The number of nitrogens with zero attached hydrogens (tertiary/aromatic N) is 2. The van der Waals surface area contributed by atoms with Crippen LogP contribution in [0.2, 0.25) is 0 Å². The lowest BCUT2D eigenvalue weighted by molar-refractivity contribution is 0.0983. The van der Waals surface area contributed by atoms with Crippen molar-refractivity contribution < 1.29 is 9.13 Å². The topological polar surface area (TPSA) is 50.8 Å². The number of aryl methyl sites for hydroxylation is 2. The SMILES string of the molecule is Cc1nnc(C(C)(C)Oc2ccc(C)c(F)c2)[nH]1. The van der Waals surface area contributed by atoms with Crippen LogP contribution in [0.15, 0.2) is 18.2 Å². The zero-order valence-electron chi connectivity index (χ0n) is 10.9. The van der Waals surface area contributed by atoms with Gasteiger partial charge in [-0.25, -0.2) is 4.39 Å². The minimum Gasteiger partial charge on any atom is -0.480 e. The minimum absolute atomic E-state index is 0.281. The number of H-pyrrole nitrogens is 1. The van der Waals surface area contributed by atoms with Crippen LogP contribution in [-0.4, -0.2) is 15.2 Å². The average Bonchev–Trinajstić information content (AvgIpc) is 2.71. The molecule has 0 aliphatic rings. The van der Waals surface area contributed by atoms with E-state index in [4.69, 9.17) is 4.74 Å². The summed E-state index contributed by atoms with van der Waals surface area (Å²) >= 11 is 0. The van der Waals surface area contributed by atoms with E-state index in [2.05, 4.69) is 15.2 Å². The number of benzene rings is 1. The highest BCUT2D eigenvalue weighted by atomic mass is 19.1. The molecule has 1 aromatic carbocycles. The molecule has 18 heavy (non-hydrogen) atoms. The van der Waals surface area contributed by atoms with Gasteiger partial charge in [-0.1, -0.05) is 6.07 Å². The summed E-state index contributed by atoms with van der Waals surface area (Å²) in [6.07, 6.45) is 0. The second kappa shape index (κ2) is 4.40. The third-order valence-electron chi connectivity index (χ3n) is 2.69. The van der Waals surface area contributed by atoms with Gasteiger partial charge < -0.3 is 9.72 Å². The molecule has 0 saturated carbocycles. The second-order valence-electron chi connectivity index (χ2n) is 4.78. The highest BCUT2D eigenvalue weighted by molar-refractivity contribution is 5.29. The first-order chi connectivity index (χ1) is 8.38. The Morgan fingerprint density at radius 3 is 2.50 bits per heavy atom. The highest BCUT2D eigenvalue weighted by Gasteiger charge is 2.27. The Morgan fingerprint density at radius 1 is 1.22 bits per heavy atom. The van der Waals surface area contributed by atoms with E-state index in [1.54, 1.807) is 19.1 Å². The molecule has 4 nitrogen and oxygen atoms in total. The van der Waals surface area contributed by atoms with Gasteiger partial charge in [-0.05, 0) is 39.3 Å². The Hall–Kier alpha value is -1.91. The lowest BCUT2D eigenvalue weighted by atomic mass is 10.1. The van der Waals surface area contributed by atoms with E-state index in [0.29, 0.717) is 17.1 Å². The summed E-state index contributed by atoms with van der Waals surface area (Å²) in [5, 5.41) is 7.90. The first-order valence-corrected chi connectivity index (χ1v) is 5.73. The van der Waals surface area contributed by atoms with Crippen LogP contribution in [0, 0.1) is 19.7 Å². The van der Waals surface area contributed by atoms with Crippen LogP contribution in [0.1, 0.15) is 31.1 Å². The van der Waals surface area contributed by atoms with Gasteiger partial charge in [-0.15, -0.1) is 10.2 Å². The molecule has 0 bridgehead atoms. The standard InChI is InChI=1S/C13H16FN3O/c1-8-5-6-10(7-11(8)14)18-13(3,4)12-15-9(2)16-17-12/h5-7H,1-4H3,(H,15,16,17). The predicted molar refractivity (Wildman–Crippen MR) is 65.9 cm³/mol. The molecular weight excluding hydrogens is 233 g/mol. The Balaban J connectivity index is 2.24. The van der Waals surface area contributed by atoms with Crippen molar-refractivity contribution >= 4 is 0 Å². The molecule has 0 fully saturated rings. The van der Waals surface area contributed by atoms with Crippen molar-refractivity contribution in [2.24, 2.45) is 0 Å². The molecule has 0 unspecified atom stereocenters. The van der Waals surface area contributed by atoms with E-state index in [1.807, 2.05) is 20.8 Å². The number of aromatic nitrogens is 3. The molecular formula is C13H16FN3O. The number of hydrogen-bond acceptors (Lipinski definition) is 3. The van der Waals surface area contributed by atoms with Crippen molar-refractivity contribution in [3.63, 3.8) is 0 Å². The Kier molecular flexibility index (Phi) is 3.07. The van der Waals surface area contributed by atoms with Crippen LogP contribution in [-0.2, 0) is 5.60 Å². The number of rotatable bonds is 3. The maximum absolute atomic E-state index is 13.4. The molecule has 0 spiro atoms. The van der Waals surface area contributed by atoms with Gasteiger partial charge in [-0.3, -0.25) is 0 Å². The number of halogens is 1. The predicted octanol–water partition coefficient (Wildman–Crippen LogP) is 2.87. The van der Waals surface area contributed by atoms with Crippen LogP contribution in [0.4, 0.5) is 4.39 Å². The fourth-order valence-electron chi connectivity index (χ4n) is 1.60. The largest absolute Gasteiger partial charge is 0.480 e. The van der Waals surface area contributed by atoms with Crippen LogP contribution < -0.4 is 4.74 Å². The van der Waals surface area contributed by atoms with Crippen LogP contribution in [0.5, 0.6) is 5.75 Å². The quantitative estimate of drug-likeness (QED) is 0.910. The zero-order chi connectivity index (χ0) is 13.3. The van der Waals surface area contributed by atoms with Crippen molar-refractivity contribution in [2.75, 3.05) is 0 Å². The average molecular weight is 249 g/mol. The second-order valence-corrected chi connectivity index (χ2v) is 4.78. The van der Waals surface area contributed by atoms with E-state index < -0.39 is 5.60 Å². The van der Waals surface area contributed by atoms with Gasteiger partial charge in [0.1, 0.15) is 17.4 Å². The fourth-order valence-corrected chi connectivity index (χ4v) is 1.60. The Labute approximate surface area is 105 Å². The summed E-state index contributed by atoms with van der Waals surface area (Å²) in [5.41, 5.74) is -0.0983. The van der Waals surface area contributed by atoms with Crippen LogP contribution >= 0.6 is 0 Å². The molecule has 0 aliphatic carbocycles. The molecule has 0 amide bonds. The van der Waals surface area contributed by atoms with Crippen molar-refractivity contribution in [3.8, 4) is 5.75 Å². The first kappa shape index (κ1) is 12.5. The van der Waals surface area contributed by atoms with Crippen molar-refractivity contribution in [1.29, 1.82) is 0 Å². The maximum atomic E-state index is 13.4. The van der Waals surface area contributed by atoms with Gasteiger partial charge in [0, 0.05) is 6.07 Å². The lowest BCUT2D eigenvalue weighted by Crippen LogP contribution is -2.27. The molecule has 1 N–H and O–H groups in total. The van der Waals surface area contributed by atoms with Crippen LogP contribution in [0.25, 0.3) is 0 Å². The van der Waals surface area contributed by atoms with Crippen molar-refractivity contribution in [2.45, 2.75) is 33.3 Å². The molecule has 2 aromatic rings. The van der Waals surface area contributed by atoms with Gasteiger partial charge in [0.05, 0.1) is 0 Å². The molecule has 96 valence electrons. The number of ether oxygens (including phenoxy) is 1. The van der Waals surface area contributed by atoms with Gasteiger partial charge in [0.2, 0.25) is 0 Å². The molecule has 0 aliphatic heterocycles. The van der Waals surface area contributed by atoms with Gasteiger partial charge in [0.25, 0.3) is 0 Å².